The Morgan fingerprint density at radius 3 is 2.67 bits per heavy atom. The van der Waals surface area contributed by atoms with Gasteiger partial charge in [0.05, 0.1) is 24.8 Å². The van der Waals surface area contributed by atoms with E-state index in [-0.39, 0.29) is 41.6 Å². The standard InChI is InChI=1S/C10H13FN2O4.ClH/c1-17-9-5-6(13(15)16)4-7(10(9)14)8(12)2-3-11;/h4-5,8,14H,2-3,12H2,1H3;1H/t8-;/m0./s1. The lowest BCUT2D eigenvalue weighted by Crippen LogP contribution is -2.12. The van der Waals surface area contributed by atoms with Crippen LogP contribution in [0.1, 0.15) is 18.0 Å². The van der Waals surface area contributed by atoms with Crippen LogP contribution in [0.4, 0.5) is 10.1 Å². The number of hydrogen-bond donors (Lipinski definition) is 2. The Balaban J connectivity index is 0.00000289. The third-order valence-electron chi connectivity index (χ3n) is 2.34. The highest BCUT2D eigenvalue weighted by atomic mass is 35.5. The van der Waals surface area contributed by atoms with Crippen LogP contribution in [0.15, 0.2) is 12.1 Å². The van der Waals surface area contributed by atoms with Crippen molar-refractivity contribution in [2.75, 3.05) is 13.8 Å². The summed E-state index contributed by atoms with van der Waals surface area (Å²) in [5.41, 5.74) is 5.47. The normalized spacial score (nSPS) is 11.5. The van der Waals surface area contributed by atoms with Crippen LogP contribution in [-0.4, -0.2) is 23.8 Å². The first-order valence-electron chi connectivity index (χ1n) is 4.88. The lowest BCUT2D eigenvalue weighted by Gasteiger charge is -2.14. The van der Waals surface area contributed by atoms with Crippen molar-refractivity contribution in [2.24, 2.45) is 5.73 Å². The largest absolute Gasteiger partial charge is 0.504 e. The second-order valence-corrected chi connectivity index (χ2v) is 3.43. The van der Waals surface area contributed by atoms with Crippen LogP contribution < -0.4 is 10.5 Å². The smallest absolute Gasteiger partial charge is 0.273 e. The number of hydrogen-bond acceptors (Lipinski definition) is 5. The Bertz CT molecular complexity index is 431. The van der Waals surface area contributed by atoms with Crippen LogP contribution in [0.5, 0.6) is 11.5 Å². The van der Waals surface area contributed by atoms with Crippen LogP contribution in [0.2, 0.25) is 0 Å². The lowest BCUT2D eigenvalue weighted by molar-refractivity contribution is -0.385. The molecule has 0 heterocycles. The first-order chi connectivity index (χ1) is 8.01. The zero-order valence-corrected chi connectivity index (χ0v) is 10.4. The molecule has 1 aromatic carbocycles. The molecule has 8 heteroatoms. The Kier molecular flexibility index (Phi) is 6.35. The van der Waals surface area contributed by atoms with E-state index in [2.05, 4.69) is 0 Å². The molecule has 0 saturated carbocycles. The summed E-state index contributed by atoms with van der Waals surface area (Å²) in [6.07, 6.45) is -0.0299. The molecule has 6 nitrogen and oxygen atoms in total. The van der Waals surface area contributed by atoms with Gasteiger partial charge < -0.3 is 15.6 Å². The van der Waals surface area contributed by atoms with E-state index in [1.807, 2.05) is 0 Å². The second kappa shape index (κ2) is 6.97. The first-order valence-corrected chi connectivity index (χ1v) is 4.88. The number of benzene rings is 1. The maximum Gasteiger partial charge on any atom is 0.273 e. The Labute approximate surface area is 109 Å². The van der Waals surface area contributed by atoms with Gasteiger partial charge in [0.25, 0.3) is 5.69 Å². The van der Waals surface area contributed by atoms with Crippen LogP contribution in [0, 0.1) is 10.1 Å². The van der Waals surface area contributed by atoms with Gasteiger partial charge in [-0.05, 0) is 6.42 Å². The summed E-state index contributed by atoms with van der Waals surface area (Å²) in [5, 5.41) is 20.4. The van der Waals surface area contributed by atoms with E-state index in [0.29, 0.717) is 0 Å². The number of phenols is 1. The Morgan fingerprint density at radius 1 is 1.61 bits per heavy atom. The average Bonchev–Trinajstić information content (AvgIpc) is 2.29. The lowest BCUT2D eigenvalue weighted by atomic mass is 10.0. The van der Waals surface area contributed by atoms with Crippen LogP contribution in [0.25, 0.3) is 0 Å². The predicted molar refractivity (Wildman–Crippen MR) is 66.1 cm³/mol. The van der Waals surface area contributed by atoms with Gasteiger partial charge in [0, 0.05) is 17.7 Å². The van der Waals surface area contributed by atoms with Crippen LogP contribution in [0.3, 0.4) is 0 Å². The molecule has 102 valence electrons. The van der Waals surface area contributed by atoms with E-state index in [1.54, 1.807) is 0 Å². The van der Waals surface area contributed by atoms with E-state index in [4.69, 9.17) is 10.5 Å². The molecular formula is C10H14ClFN2O4. The minimum Gasteiger partial charge on any atom is -0.504 e. The van der Waals surface area contributed by atoms with Gasteiger partial charge in [-0.3, -0.25) is 14.5 Å². The molecule has 1 aromatic rings. The number of rotatable bonds is 5. The SMILES string of the molecule is COc1cc([N+](=O)[O-])cc([C@@H](N)CCF)c1O.Cl. The molecule has 0 aromatic heterocycles. The molecule has 0 spiro atoms. The summed E-state index contributed by atoms with van der Waals surface area (Å²) in [5.74, 6) is -0.345. The third kappa shape index (κ3) is 3.44. The number of alkyl halides is 1. The molecule has 18 heavy (non-hydrogen) atoms. The molecule has 1 atom stereocenters. The predicted octanol–water partition coefficient (Wildman–Crippen LogP) is 2.09. The van der Waals surface area contributed by atoms with Crippen molar-refractivity contribution < 1.29 is 19.2 Å². The van der Waals surface area contributed by atoms with Gasteiger partial charge in [0.15, 0.2) is 11.5 Å². The Morgan fingerprint density at radius 2 is 2.22 bits per heavy atom. The monoisotopic (exact) mass is 280 g/mol. The van der Waals surface area contributed by atoms with E-state index in [9.17, 15) is 19.6 Å². The minimum absolute atomic E-state index is 0. The number of nitrogens with zero attached hydrogens (tertiary/aromatic N) is 1. The van der Waals surface area contributed by atoms with Gasteiger partial charge >= 0.3 is 0 Å². The highest BCUT2D eigenvalue weighted by molar-refractivity contribution is 5.85. The summed E-state index contributed by atoms with van der Waals surface area (Å²) in [7, 11) is 1.27. The summed E-state index contributed by atoms with van der Waals surface area (Å²) in [6.45, 7) is -0.675. The summed E-state index contributed by atoms with van der Waals surface area (Å²) >= 11 is 0. The first kappa shape index (κ1) is 16.4. The quantitative estimate of drug-likeness (QED) is 0.635. The summed E-state index contributed by atoms with van der Waals surface area (Å²) in [6, 6.07) is 1.40. The van der Waals surface area contributed by atoms with Crippen molar-refractivity contribution in [3.8, 4) is 11.5 Å². The second-order valence-electron chi connectivity index (χ2n) is 3.43. The summed E-state index contributed by atoms with van der Waals surface area (Å²) in [4.78, 5) is 10.0. The van der Waals surface area contributed by atoms with Crippen molar-refractivity contribution in [3.63, 3.8) is 0 Å². The van der Waals surface area contributed by atoms with Crippen molar-refractivity contribution in [2.45, 2.75) is 12.5 Å². The third-order valence-corrected chi connectivity index (χ3v) is 2.34. The zero-order chi connectivity index (χ0) is 13.0. The fourth-order valence-corrected chi connectivity index (χ4v) is 1.43. The van der Waals surface area contributed by atoms with Gasteiger partial charge in [0.1, 0.15) is 0 Å². The van der Waals surface area contributed by atoms with Crippen LogP contribution in [-0.2, 0) is 0 Å². The van der Waals surface area contributed by atoms with Gasteiger partial charge in [0.2, 0.25) is 0 Å². The number of aromatic hydroxyl groups is 1. The Hall–Kier alpha value is -1.60. The molecule has 0 bridgehead atoms. The van der Waals surface area contributed by atoms with Crippen LogP contribution >= 0.6 is 12.4 Å². The highest BCUT2D eigenvalue weighted by Gasteiger charge is 2.20. The highest BCUT2D eigenvalue weighted by Crippen LogP contribution is 2.37. The summed E-state index contributed by atoms with van der Waals surface area (Å²) < 4.78 is 17.0. The number of nitro benzene ring substituents is 1. The number of ether oxygens (including phenoxy) is 1. The van der Waals surface area contributed by atoms with E-state index in [0.717, 1.165) is 12.1 Å². The number of halogens is 2. The molecule has 0 aliphatic rings. The molecule has 0 fully saturated rings. The average molecular weight is 281 g/mol. The van der Waals surface area contributed by atoms with E-state index >= 15 is 0 Å². The van der Waals surface area contributed by atoms with Crippen molar-refractivity contribution in [3.05, 3.63) is 27.8 Å². The molecule has 0 unspecified atom stereocenters. The molecule has 0 amide bonds. The molecule has 0 radical (unpaired) electrons. The molecular weight excluding hydrogens is 267 g/mol. The number of non-ortho nitro benzene ring substituents is 1. The maximum atomic E-state index is 12.2. The number of nitrogens with two attached hydrogens (primary N) is 1. The molecule has 0 aliphatic heterocycles. The van der Waals surface area contributed by atoms with Crippen molar-refractivity contribution >= 4 is 18.1 Å². The molecule has 1 rings (SSSR count). The number of phenolic OH excluding ortho intramolecular Hbond substituents is 1. The van der Waals surface area contributed by atoms with Gasteiger partial charge in [-0.15, -0.1) is 12.4 Å². The topological polar surface area (TPSA) is 98.6 Å². The maximum absolute atomic E-state index is 12.2. The van der Waals surface area contributed by atoms with Gasteiger partial charge in [-0.2, -0.15) is 0 Å². The zero-order valence-electron chi connectivity index (χ0n) is 9.63. The minimum atomic E-state index is -0.811. The number of nitro groups is 1. The van der Waals surface area contributed by atoms with E-state index < -0.39 is 17.6 Å². The van der Waals surface area contributed by atoms with Gasteiger partial charge in [-0.25, -0.2) is 0 Å². The fraction of sp³-hybridized carbons (Fsp3) is 0.400. The van der Waals surface area contributed by atoms with E-state index in [1.165, 1.54) is 7.11 Å². The van der Waals surface area contributed by atoms with Crippen molar-refractivity contribution in [1.29, 1.82) is 0 Å². The number of methoxy groups -OCH3 is 1. The molecule has 0 aliphatic carbocycles. The van der Waals surface area contributed by atoms with Crippen molar-refractivity contribution in [1.82, 2.24) is 0 Å². The van der Waals surface area contributed by atoms with Gasteiger partial charge in [-0.1, -0.05) is 0 Å². The molecule has 0 saturated heterocycles. The fourth-order valence-electron chi connectivity index (χ4n) is 1.43. The molecule has 3 N–H and O–H groups in total.